The van der Waals surface area contributed by atoms with Gasteiger partial charge in [0.15, 0.2) is 5.78 Å². The van der Waals surface area contributed by atoms with Gasteiger partial charge in [0, 0.05) is 6.42 Å². The predicted molar refractivity (Wildman–Crippen MR) is 48.4 cm³/mol. The zero-order chi connectivity index (χ0) is 8.85. The van der Waals surface area contributed by atoms with E-state index in [0.29, 0.717) is 18.3 Å². The van der Waals surface area contributed by atoms with Crippen molar-refractivity contribution in [2.24, 2.45) is 11.8 Å². The molecule has 64 valence electrons. The van der Waals surface area contributed by atoms with Gasteiger partial charge in [-0.25, -0.2) is 0 Å². The standard InChI is InChI=1S/C10H18O/c1-8(2)5-6-10(11)7-9(3)4/h5-6,8-9H,7H2,1-4H3/b6-5-. The molecule has 1 nitrogen and oxygen atoms in total. The molecule has 0 aromatic heterocycles. The zero-order valence-electron chi connectivity index (χ0n) is 7.92. The van der Waals surface area contributed by atoms with Gasteiger partial charge in [0.05, 0.1) is 0 Å². The minimum Gasteiger partial charge on any atom is -0.295 e. The van der Waals surface area contributed by atoms with Crippen LogP contribution in [-0.2, 0) is 4.79 Å². The highest BCUT2D eigenvalue weighted by Gasteiger charge is 1.99. The Morgan fingerprint density at radius 2 is 1.82 bits per heavy atom. The Labute approximate surface area is 69.5 Å². The van der Waals surface area contributed by atoms with Gasteiger partial charge < -0.3 is 0 Å². The van der Waals surface area contributed by atoms with Crippen molar-refractivity contribution >= 4 is 5.78 Å². The monoisotopic (exact) mass is 154 g/mol. The van der Waals surface area contributed by atoms with Crippen LogP contribution in [0.25, 0.3) is 0 Å². The van der Waals surface area contributed by atoms with Crippen molar-refractivity contribution in [1.82, 2.24) is 0 Å². The predicted octanol–water partition coefficient (Wildman–Crippen LogP) is 2.81. The number of hydrogen-bond donors (Lipinski definition) is 0. The normalized spacial score (nSPS) is 11.8. The highest BCUT2D eigenvalue weighted by molar-refractivity contribution is 5.89. The Hall–Kier alpha value is -0.590. The van der Waals surface area contributed by atoms with Gasteiger partial charge in [0.2, 0.25) is 0 Å². The van der Waals surface area contributed by atoms with E-state index in [-0.39, 0.29) is 5.78 Å². The first-order chi connectivity index (χ1) is 5.02. The minimum absolute atomic E-state index is 0.244. The van der Waals surface area contributed by atoms with Crippen molar-refractivity contribution in [2.75, 3.05) is 0 Å². The number of carbonyl (C=O) groups excluding carboxylic acids is 1. The van der Waals surface area contributed by atoms with Crippen LogP contribution in [0.5, 0.6) is 0 Å². The zero-order valence-corrected chi connectivity index (χ0v) is 7.92. The Morgan fingerprint density at radius 1 is 1.27 bits per heavy atom. The second kappa shape index (κ2) is 5.11. The Kier molecular flexibility index (Phi) is 4.84. The maximum Gasteiger partial charge on any atom is 0.155 e. The molecule has 0 fully saturated rings. The average Bonchev–Trinajstić information content (AvgIpc) is 1.82. The van der Waals surface area contributed by atoms with Crippen LogP contribution in [0, 0.1) is 11.8 Å². The second-order valence-electron chi connectivity index (χ2n) is 3.67. The van der Waals surface area contributed by atoms with E-state index in [1.165, 1.54) is 0 Å². The van der Waals surface area contributed by atoms with Gasteiger partial charge in [-0.2, -0.15) is 0 Å². The number of allylic oxidation sites excluding steroid dienone is 2. The molecule has 11 heavy (non-hydrogen) atoms. The second-order valence-corrected chi connectivity index (χ2v) is 3.67. The molecule has 0 aromatic rings. The van der Waals surface area contributed by atoms with Crippen LogP contribution in [0.4, 0.5) is 0 Å². The van der Waals surface area contributed by atoms with Gasteiger partial charge in [-0.1, -0.05) is 33.8 Å². The molecular weight excluding hydrogens is 136 g/mol. The minimum atomic E-state index is 0.244. The molecule has 0 unspecified atom stereocenters. The van der Waals surface area contributed by atoms with Gasteiger partial charge in [-0.15, -0.1) is 0 Å². The molecule has 0 aromatic carbocycles. The lowest BCUT2D eigenvalue weighted by Crippen LogP contribution is -1.98. The lowest BCUT2D eigenvalue weighted by molar-refractivity contribution is -0.115. The van der Waals surface area contributed by atoms with Crippen molar-refractivity contribution in [3.05, 3.63) is 12.2 Å². The molecule has 0 amide bonds. The third kappa shape index (κ3) is 7.31. The number of rotatable bonds is 4. The van der Waals surface area contributed by atoms with E-state index in [9.17, 15) is 4.79 Å². The number of carbonyl (C=O) groups is 1. The summed E-state index contributed by atoms with van der Waals surface area (Å²) in [4.78, 5) is 11.1. The molecule has 0 heterocycles. The van der Waals surface area contributed by atoms with E-state index in [4.69, 9.17) is 0 Å². The van der Waals surface area contributed by atoms with Crippen LogP contribution < -0.4 is 0 Å². The summed E-state index contributed by atoms with van der Waals surface area (Å²) in [6.07, 6.45) is 4.32. The Bertz CT molecular complexity index is 143. The fourth-order valence-corrected chi connectivity index (χ4v) is 0.770. The van der Waals surface area contributed by atoms with Crippen molar-refractivity contribution in [1.29, 1.82) is 0 Å². The molecule has 0 aliphatic carbocycles. The van der Waals surface area contributed by atoms with E-state index in [1.54, 1.807) is 6.08 Å². The van der Waals surface area contributed by atoms with Crippen LogP contribution in [0.1, 0.15) is 34.1 Å². The van der Waals surface area contributed by atoms with Crippen molar-refractivity contribution in [3.63, 3.8) is 0 Å². The summed E-state index contributed by atoms with van der Waals surface area (Å²) in [5.41, 5.74) is 0. The summed E-state index contributed by atoms with van der Waals surface area (Å²) in [6.45, 7) is 8.25. The quantitative estimate of drug-likeness (QED) is 0.569. The van der Waals surface area contributed by atoms with E-state index in [1.807, 2.05) is 6.08 Å². The van der Waals surface area contributed by atoms with Crippen molar-refractivity contribution in [3.8, 4) is 0 Å². The van der Waals surface area contributed by atoms with Crippen LogP contribution >= 0.6 is 0 Å². The lowest BCUT2D eigenvalue weighted by Gasteiger charge is -1.99. The average molecular weight is 154 g/mol. The van der Waals surface area contributed by atoms with Crippen molar-refractivity contribution < 1.29 is 4.79 Å². The van der Waals surface area contributed by atoms with Gasteiger partial charge in [0.25, 0.3) is 0 Å². The summed E-state index contributed by atoms with van der Waals surface area (Å²) in [7, 11) is 0. The highest BCUT2D eigenvalue weighted by atomic mass is 16.1. The smallest absolute Gasteiger partial charge is 0.155 e. The first-order valence-electron chi connectivity index (χ1n) is 4.23. The van der Waals surface area contributed by atoms with Crippen molar-refractivity contribution in [2.45, 2.75) is 34.1 Å². The third-order valence-corrected chi connectivity index (χ3v) is 1.28. The fraction of sp³-hybridized carbons (Fsp3) is 0.700. The molecule has 0 bridgehead atoms. The van der Waals surface area contributed by atoms with E-state index < -0.39 is 0 Å². The molecule has 0 saturated carbocycles. The molecule has 0 spiro atoms. The molecule has 1 heteroatoms. The summed E-state index contributed by atoms with van der Waals surface area (Å²) >= 11 is 0. The molecule has 0 radical (unpaired) electrons. The Morgan fingerprint density at radius 3 is 2.18 bits per heavy atom. The summed E-state index contributed by atoms with van der Waals surface area (Å²) in [5.74, 6) is 1.19. The molecule has 0 aliphatic rings. The van der Waals surface area contributed by atoms with Crippen LogP contribution in [0.2, 0.25) is 0 Å². The molecule has 0 aliphatic heterocycles. The van der Waals surface area contributed by atoms with Crippen LogP contribution in [0.15, 0.2) is 12.2 Å². The number of hydrogen-bond acceptors (Lipinski definition) is 1. The number of ketones is 1. The maximum absolute atomic E-state index is 11.1. The molecule has 0 rings (SSSR count). The topological polar surface area (TPSA) is 17.1 Å². The Balaban J connectivity index is 3.69. The summed E-state index contributed by atoms with van der Waals surface area (Å²) in [6, 6.07) is 0. The lowest BCUT2D eigenvalue weighted by atomic mass is 10.1. The first kappa shape index (κ1) is 10.4. The summed E-state index contributed by atoms with van der Waals surface area (Å²) in [5, 5.41) is 0. The van der Waals surface area contributed by atoms with E-state index >= 15 is 0 Å². The van der Waals surface area contributed by atoms with Crippen LogP contribution in [0.3, 0.4) is 0 Å². The van der Waals surface area contributed by atoms with E-state index in [0.717, 1.165) is 0 Å². The van der Waals surface area contributed by atoms with Crippen LogP contribution in [-0.4, -0.2) is 5.78 Å². The molecular formula is C10H18O. The van der Waals surface area contributed by atoms with Gasteiger partial charge >= 0.3 is 0 Å². The molecule has 0 N–H and O–H groups in total. The SMILES string of the molecule is CC(C)/C=C\C(=O)CC(C)C. The first-order valence-corrected chi connectivity index (χ1v) is 4.23. The fourth-order valence-electron chi connectivity index (χ4n) is 0.770. The highest BCUT2D eigenvalue weighted by Crippen LogP contribution is 2.02. The van der Waals surface area contributed by atoms with Gasteiger partial charge in [0.1, 0.15) is 0 Å². The maximum atomic E-state index is 11.1. The summed E-state index contributed by atoms with van der Waals surface area (Å²) < 4.78 is 0. The molecule has 0 saturated heterocycles. The molecule has 0 atom stereocenters. The third-order valence-electron chi connectivity index (χ3n) is 1.28. The van der Waals surface area contributed by atoms with E-state index in [2.05, 4.69) is 27.7 Å². The largest absolute Gasteiger partial charge is 0.295 e. The van der Waals surface area contributed by atoms with Gasteiger partial charge in [-0.3, -0.25) is 4.79 Å². The van der Waals surface area contributed by atoms with Gasteiger partial charge in [-0.05, 0) is 17.9 Å².